The van der Waals surface area contributed by atoms with Crippen LogP contribution in [-0.4, -0.2) is 27.6 Å². The molecule has 1 aliphatic rings. The molecule has 1 aromatic heterocycles. The number of carbonyl (C=O) groups excluding carboxylic acids is 1. The van der Waals surface area contributed by atoms with E-state index in [-0.39, 0.29) is 5.91 Å². The van der Waals surface area contributed by atoms with E-state index in [0.29, 0.717) is 18.9 Å². The molecule has 1 saturated carbocycles. The molecule has 2 rings (SSSR count). The largest absolute Gasteiger partial charge is 0.356 e. The normalized spacial score (nSPS) is 17.3. The summed E-state index contributed by atoms with van der Waals surface area (Å²) in [5, 5.41) is 9.53. The molecule has 100 valence electrons. The zero-order valence-electron chi connectivity index (χ0n) is 10.8. The van der Waals surface area contributed by atoms with Gasteiger partial charge in [0.05, 0.1) is 0 Å². The van der Waals surface area contributed by atoms with Gasteiger partial charge in [-0.2, -0.15) is 5.10 Å². The van der Waals surface area contributed by atoms with Gasteiger partial charge < -0.3 is 5.32 Å². The smallest absolute Gasteiger partial charge is 0.220 e. The maximum Gasteiger partial charge on any atom is 0.220 e. The van der Waals surface area contributed by atoms with E-state index in [1.54, 1.807) is 0 Å². The van der Waals surface area contributed by atoms with Crippen molar-refractivity contribution in [3.63, 3.8) is 0 Å². The van der Waals surface area contributed by atoms with Crippen LogP contribution >= 0.6 is 0 Å². The van der Waals surface area contributed by atoms with E-state index in [0.717, 1.165) is 12.2 Å². The Morgan fingerprint density at radius 2 is 2.11 bits per heavy atom. The zero-order chi connectivity index (χ0) is 12.6. The number of aromatic amines is 1. The lowest BCUT2D eigenvalue weighted by Crippen LogP contribution is -2.27. The minimum atomic E-state index is 0.182. The fourth-order valence-electron chi connectivity index (χ4n) is 2.57. The molecule has 0 saturated heterocycles. The topological polar surface area (TPSA) is 70.7 Å². The van der Waals surface area contributed by atoms with Gasteiger partial charge in [-0.25, -0.2) is 4.98 Å². The van der Waals surface area contributed by atoms with Gasteiger partial charge in [0.25, 0.3) is 0 Å². The Morgan fingerprint density at radius 1 is 1.33 bits per heavy atom. The van der Waals surface area contributed by atoms with Crippen molar-refractivity contribution in [3.8, 4) is 0 Å². The lowest BCUT2D eigenvalue weighted by molar-refractivity contribution is -0.122. The lowest BCUT2D eigenvalue weighted by Gasteiger charge is -2.13. The van der Waals surface area contributed by atoms with Crippen molar-refractivity contribution in [1.29, 1.82) is 0 Å². The fourth-order valence-corrected chi connectivity index (χ4v) is 2.57. The third kappa shape index (κ3) is 4.47. The predicted octanol–water partition coefficient (Wildman–Crippen LogP) is 1.82. The van der Waals surface area contributed by atoms with Crippen LogP contribution in [-0.2, 0) is 11.2 Å². The highest BCUT2D eigenvalue weighted by atomic mass is 16.1. The zero-order valence-corrected chi connectivity index (χ0v) is 10.8. The standard InChI is InChI=1S/C13H22N4O/c18-13(9-11-5-3-1-2-4-6-11)14-8-7-12-15-10-16-17-12/h10-11H,1-9H2,(H,14,18)(H,15,16,17). The first-order valence-corrected chi connectivity index (χ1v) is 6.95. The summed E-state index contributed by atoms with van der Waals surface area (Å²) in [4.78, 5) is 15.8. The number of amides is 1. The van der Waals surface area contributed by atoms with Gasteiger partial charge >= 0.3 is 0 Å². The van der Waals surface area contributed by atoms with E-state index in [1.165, 1.54) is 44.9 Å². The summed E-state index contributed by atoms with van der Waals surface area (Å²) in [7, 11) is 0. The van der Waals surface area contributed by atoms with E-state index in [9.17, 15) is 4.79 Å². The van der Waals surface area contributed by atoms with Crippen LogP contribution in [0.2, 0.25) is 0 Å². The Kier molecular flexibility index (Phi) is 5.17. The van der Waals surface area contributed by atoms with Crippen molar-refractivity contribution in [2.45, 2.75) is 51.4 Å². The Hall–Kier alpha value is -1.39. The first kappa shape index (κ1) is 13.1. The summed E-state index contributed by atoms with van der Waals surface area (Å²) < 4.78 is 0. The Bertz CT molecular complexity index is 342. The van der Waals surface area contributed by atoms with Crippen LogP contribution in [0.25, 0.3) is 0 Å². The maximum atomic E-state index is 11.8. The Balaban J connectivity index is 1.62. The molecule has 0 aromatic carbocycles. The molecule has 18 heavy (non-hydrogen) atoms. The molecular formula is C13H22N4O. The van der Waals surface area contributed by atoms with E-state index < -0.39 is 0 Å². The van der Waals surface area contributed by atoms with Crippen molar-refractivity contribution in [2.24, 2.45) is 5.92 Å². The number of hydrogen-bond acceptors (Lipinski definition) is 3. The van der Waals surface area contributed by atoms with Gasteiger partial charge in [-0.05, 0) is 18.8 Å². The van der Waals surface area contributed by atoms with Gasteiger partial charge in [-0.3, -0.25) is 9.89 Å². The molecule has 2 N–H and O–H groups in total. The number of rotatable bonds is 5. The van der Waals surface area contributed by atoms with Crippen molar-refractivity contribution in [1.82, 2.24) is 20.5 Å². The predicted molar refractivity (Wildman–Crippen MR) is 68.9 cm³/mol. The first-order valence-electron chi connectivity index (χ1n) is 6.95. The summed E-state index contributed by atoms with van der Waals surface area (Å²) in [6.45, 7) is 0.640. The molecule has 0 aliphatic heterocycles. The molecule has 0 atom stereocenters. The van der Waals surface area contributed by atoms with Crippen LogP contribution < -0.4 is 5.32 Å². The second kappa shape index (κ2) is 7.13. The first-order chi connectivity index (χ1) is 8.84. The molecule has 0 spiro atoms. The molecule has 1 aromatic rings. The lowest BCUT2D eigenvalue weighted by atomic mass is 9.96. The number of aromatic nitrogens is 3. The summed E-state index contributed by atoms with van der Waals surface area (Å²) >= 11 is 0. The van der Waals surface area contributed by atoms with E-state index in [2.05, 4.69) is 20.5 Å². The highest BCUT2D eigenvalue weighted by molar-refractivity contribution is 5.76. The molecule has 0 radical (unpaired) electrons. The second-order valence-electron chi connectivity index (χ2n) is 5.09. The molecule has 5 nitrogen and oxygen atoms in total. The minimum Gasteiger partial charge on any atom is -0.356 e. The molecule has 0 bridgehead atoms. The Morgan fingerprint density at radius 3 is 2.78 bits per heavy atom. The van der Waals surface area contributed by atoms with Crippen LogP contribution in [0.1, 0.15) is 50.8 Å². The molecule has 1 amide bonds. The van der Waals surface area contributed by atoms with Crippen LogP contribution in [0, 0.1) is 5.92 Å². The maximum absolute atomic E-state index is 11.8. The summed E-state index contributed by atoms with van der Waals surface area (Å²) in [6, 6.07) is 0. The third-order valence-corrected chi connectivity index (χ3v) is 3.60. The number of nitrogens with zero attached hydrogens (tertiary/aromatic N) is 2. The molecule has 1 heterocycles. The number of hydrogen-bond donors (Lipinski definition) is 2. The van der Waals surface area contributed by atoms with Gasteiger partial charge in [0, 0.05) is 19.4 Å². The number of nitrogens with one attached hydrogen (secondary N) is 2. The SMILES string of the molecule is O=C(CC1CCCCCC1)NCCc1ncn[nH]1. The summed E-state index contributed by atoms with van der Waals surface area (Å²) in [5.41, 5.74) is 0. The van der Waals surface area contributed by atoms with Crippen molar-refractivity contribution >= 4 is 5.91 Å². The molecule has 1 aliphatic carbocycles. The summed E-state index contributed by atoms with van der Waals surface area (Å²) in [6.07, 6.45) is 10.6. The van der Waals surface area contributed by atoms with E-state index >= 15 is 0 Å². The average Bonchev–Trinajstić information content (AvgIpc) is 2.74. The van der Waals surface area contributed by atoms with Gasteiger partial charge in [-0.15, -0.1) is 0 Å². The second-order valence-corrected chi connectivity index (χ2v) is 5.09. The van der Waals surface area contributed by atoms with Crippen molar-refractivity contribution in [3.05, 3.63) is 12.2 Å². The molecule has 1 fully saturated rings. The average molecular weight is 250 g/mol. The highest BCUT2D eigenvalue weighted by Gasteiger charge is 2.15. The van der Waals surface area contributed by atoms with Crippen LogP contribution in [0.4, 0.5) is 0 Å². The minimum absolute atomic E-state index is 0.182. The highest BCUT2D eigenvalue weighted by Crippen LogP contribution is 2.25. The number of carbonyl (C=O) groups is 1. The monoisotopic (exact) mass is 250 g/mol. The molecule has 5 heteroatoms. The van der Waals surface area contributed by atoms with Gasteiger partial charge in [0.15, 0.2) is 0 Å². The fraction of sp³-hybridized carbons (Fsp3) is 0.769. The van der Waals surface area contributed by atoms with Gasteiger partial charge in [0.1, 0.15) is 12.2 Å². The van der Waals surface area contributed by atoms with E-state index in [1.807, 2.05) is 0 Å². The van der Waals surface area contributed by atoms with E-state index in [4.69, 9.17) is 0 Å². The Labute approximate surface area is 108 Å². The summed E-state index contributed by atoms with van der Waals surface area (Å²) in [5.74, 6) is 1.60. The third-order valence-electron chi connectivity index (χ3n) is 3.60. The van der Waals surface area contributed by atoms with Gasteiger partial charge in [-0.1, -0.05) is 25.7 Å². The van der Waals surface area contributed by atoms with Gasteiger partial charge in [0.2, 0.25) is 5.91 Å². The van der Waals surface area contributed by atoms with Crippen LogP contribution in [0.15, 0.2) is 6.33 Å². The van der Waals surface area contributed by atoms with Crippen molar-refractivity contribution < 1.29 is 4.79 Å². The quantitative estimate of drug-likeness (QED) is 0.783. The molecular weight excluding hydrogens is 228 g/mol. The van der Waals surface area contributed by atoms with Crippen LogP contribution in [0.5, 0.6) is 0 Å². The van der Waals surface area contributed by atoms with Crippen LogP contribution in [0.3, 0.4) is 0 Å². The number of H-pyrrole nitrogens is 1. The van der Waals surface area contributed by atoms with Crippen molar-refractivity contribution in [2.75, 3.05) is 6.54 Å². The molecule has 0 unspecified atom stereocenters.